The highest BCUT2D eigenvalue weighted by molar-refractivity contribution is 5.65. The SMILES string of the molecule is Nc1c([N+](=O)[O-])cccc1C1(N)CC1. The summed E-state index contributed by atoms with van der Waals surface area (Å²) < 4.78 is 0. The van der Waals surface area contributed by atoms with Gasteiger partial charge in [-0.3, -0.25) is 10.1 Å². The lowest BCUT2D eigenvalue weighted by atomic mass is 10.0. The zero-order valence-corrected chi connectivity index (χ0v) is 7.56. The highest BCUT2D eigenvalue weighted by atomic mass is 16.6. The van der Waals surface area contributed by atoms with E-state index in [-0.39, 0.29) is 11.4 Å². The second-order valence-corrected chi connectivity index (χ2v) is 3.65. The number of para-hydroxylation sites is 1. The number of nitrogens with two attached hydrogens (primary N) is 2. The van der Waals surface area contributed by atoms with Crippen LogP contribution in [0, 0.1) is 10.1 Å². The second kappa shape index (κ2) is 2.68. The zero-order chi connectivity index (χ0) is 10.3. The Balaban J connectivity index is 2.52. The van der Waals surface area contributed by atoms with Crippen LogP contribution in [0.1, 0.15) is 18.4 Å². The van der Waals surface area contributed by atoms with E-state index < -0.39 is 10.5 Å². The molecular weight excluding hydrogens is 182 g/mol. The van der Waals surface area contributed by atoms with Gasteiger partial charge in [0.2, 0.25) is 0 Å². The molecule has 5 heteroatoms. The Morgan fingerprint density at radius 1 is 1.43 bits per heavy atom. The maximum absolute atomic E-state index is 10.6. The number of benzene rings is 1. The molecular formula is C9H11N3O2. The lowest BCUT2D eigenvalue weighted by Gasteiger charge is -2.11. The lowest BCUT2D eigenvalue weighted by Crippen LogP contribution is -2.20. The number of hydrogen-bond acceptors (Lipinski definition) is 4. The van der Waals surface area contributed by atoms with E-state index in [9.17, 15) is 10.1 Å². The van der Waals surface area contributed by atoms with E-state index in [1.807, 2.05) is 0 Å². The van der Waals surface area contributed by atoms with Gasteiger partial charge in [-0.1, -0.05) is 12.1 Å². The van der Waals surface area contributed by atoms with Gasteiger partial charge in [0.1, 0.15) is 5.69 Å². The molecule has 0 heterocycles. The normalized spacial score (nSPS) is 17.8. The highest BCUT2D eigenvalue weighted by Gasteiger charge is 2.42. The van der Waals surface area contributed by atoms with Crippen molar-refractivity contribution in [1.82, 2.24) is 0 Å². The Labute approximate surface area is 80.9 Å². The standard InChI is InChI=1S/C9H11N3O2/c10-8-6(9(11)4-5-9)2-1-3-7(8)12(13)14/h1-3H,4-5,10-11H2. The summed E-state index contributed by atoms with van der Waals surface area (Å²) in [5.74, 6) is 0. The summed E-state index contributed by atoms with van der Waals surface area (Å²) in [4.78, 5) is 10.1. The van der Waals surface area contributed by atoms with Gasteiger partial charge in [0.25, 0.3) is 5.69 Å². The summed E-state index contributed by atoms with van der Waals surface area (Å²) in [6, 6.07) is 4.77. The fourth-order valence-electron chi connectivity index (χ4n) is 1.55. The highest BCUT2D eigenvalue weighted by Crippen LogP contribution is 2.46. The van der Waals surface area contributed by atoms with Crippen molar-refractivity contribution in [2.75, 3.05) is 5.73 Å². The number of nitro groups is 1. The zero-order valence-electron chi connectivity index (χ0n) is 7.56. The third-order valence-corrected chi connectivity index (χ3v) is 2.60. The van der Waals surface area contributed by atoms with Crippen molar-refractivity contribution in [2.45, 2.75) is 18.4 Å². The summed E-state index contributed by atoms with van der Waals surface area (Å²) in [5.41, 5.74) is 12.1. The van der Waals surface area contributed by atoms with E-state index >= 15 is 0 Å². The van der Waals surface area contributed by atoms with Crippen LogP contribution in [0.4, 0.5) is 11.4 Å². The minimum Gasteiger partial charge on any atom is -0.393 e. The van der Waals surface area contributed by atoms with Crippen LogP contribution < -0.4 is 11.5 Å². The fraction of sp³-hybridized carbons (Fsp3) is 0.333. The van der Waals surface area contributed by atoms with Crippen molar-refractivity contribution in [2.24, 2.45) is 5.73 Å². The number of nitrogen functional groups attached to an aromatic ring is 1. The quantitative estimate of drug-likeness (QED) is 0.418. The topological polar surface area (TPSA) is 95.2 Å². The first-order valence-corrected chi connectivity index (χ1v) is 4.37. The summed E-state index contributed by atoms with van der Waals surface area (Å²) in [6.07, 6.45) is 1.69. The molecule has 74 valence electrons. The van der Waals surface area contributed by atoms with E-state index in [4.69, 9.17) is 11.5 Å². The molecule has 0 unspecified atom stereocenters. The Hall–Kier alpha value is -1.62. The Bertz CT molecular complexity index is 399. The molecule has 14 heavy (non-hydrogen) atoms. The first-order chi connectivity index (χ1) is 6.54. The number of anilines is 1. The van der Waals surface area contributed by atoms with Gasteiger partial charge in [-0.25, -0.2) is 0 Å². The van der Waals surface area contributed by atoms with Crippen LogP contribution in [0.3, 0.4) is 0 Å². The van der Waals surface area contributed by atoms with Crippen LogP contribution in [0.5, 0.6) is 0 Å². The molecule has 0 atom stereocenters. The number of hydrogen-bond donors (Lipinski definition) is 2. The van der Waals surface area contributed by atoms with E-state index in [1.54, 1.807) is 12.1 Å². The Kier molecular flexibility index (Phi) is 1.72. The molecule has 0 aliphatic heterocycles. The van der Waals surface area contributed by atoms with Crippen LogP contribution in [0.15, 0.2) is 18.2 Å². The molecule has 1 fully saturated rings. The third kappa shape index (κ3) is 1.22. The molecule has 1 aromatic carbocycles. The maximum Gasteiger partial charge on any atom is 0.292 e. The molecule has 1 aliphatic carbocycles. The predicted molar refractivity (Wildman–Crippen MR) is 52.6 cm³/mol. The number of nitro benzene ring substituents is 1. The monoisotopic (exact) mass is 193 g/mol. The fourth-order valence-corrected chi connectivity index (χ4v) is 1.55. The molecule has 5 nitrogen and oxygen atoms in total. The molecule has 0 amide bonds. The molecule has 0 spiro atoms. The molecule has 0 aromatic heterocycles. The molecule has 4 N–H and O–H groups in total. The van der Waals surface area contributed by atoms with Gasteiger partial charge in [-0.15, -0.1) is 0 Å². The molecule has 1 aliphatic rings. The summed E-state index contributed by atoms with van der Waals surface area (Å²) >= 11 is 0. The maximum atomic E-state index is 10.6. The van der Waals surface area contributed by atoms with Crippen molar-refractivity contribution in [3.05, 3.63) is 33.9 Å². The van der Waals surface area contributed by atoms with E-state index in [0.29, 0.717) is 5.56 Å². The Morgan fingerprint density at radius 2 is 2.07 bits per heavy atom. The smallest absolute Gasteiger partial charge is 0.292 e. The average molecular weight is 193 g/mol. The van der Waals surface area contributed by atoms with Crippen molar-refractivity contribution in [3.63, 3.8) is 0 Å². The van der Waals surface area contributed by atoms with Crippen LogP contribution in [-0.2, 0) is 5.54 Å². The second-order valence-electron chi connectivity index (χ2n) is 3.65. The van der Waals surface area contributed by atoms with Gasteiger partial charge < -0.3 is 11.5 Å². The first-order valence-electron chi connectivity index (χ1n) is 4.37. The van der Waals surface area contributed by atoms with Crippen molar-refractivity contribution >= 4 is 11.4 Å². The largest absolute Gasteiger partial charge is 0.393 e. The van der Waals surface area contributed by atoms with Gasteiger partial charge in [-0.05, 0) is 12.8 Å². The van der Waals surface area contributed by atoms with Crippen molar-refractivity contribution in [1.29, 1.82) is 0 Å². The average Bonchev–Trinajstić information content (AvgIpc) is 2.84. The number of rotatable bonds is 2. The third-order valence-electron chi connectivity index (χ3n) is 2.60. The van der Waals surface area contributed by atoms with Crippen LogP contribution in [0.2, 0.25) is 0 Å². The van der Waals surface area contributed by atoms with Crippen LogP contribution in [-0.4, -0.2) is 4.92 Å². The van der Waals surface area contributed by atoms with Crippen molar-refractivity contribution < 1.29 is 4.92 Å². The molecule has 0 saturated heterocycles. The minimum atomic E-state index is -0.482. The van der Waals surface area contributed by atoms with E-state index in [0.717, 1.165) is 12.8 Å². The minimum absolute atomic E-state index is 0.0563. The lowest BCUT2D eigenvalue weighted by molar-refractivity contribution is -0.384. The van der Waals surface area contributed by atoms with Crippen LogP contribution >= 0.6 is 0 Å². The molecule has 1 aromatic rings. The van der Waals surface area contributed by atoms with Gasteiger partial charge >= 0.3 is 0 Å². The van der Waals surface area contributed by atoms with Gasteiger partial charge in [0, 0.05) is 17.2 Å². The molecule has 2 rings (SSSR count). The van der Waals surface area contributed by atoms with E-state index in [2.05, 4.69) is 0 Å². The number of nitrogens with zero attached hydrogens (tertiary/aromatic N) is 1. The molecule has 1 saturated carbocycles. The van der Waals surface area contributed by atoms with Gasteiger partial charge in [-0.2, -0.15) is 0 Å². The van der Waals surface area contributed by atoms with Crippen LogP contribution in [0.25, 0.3) is 0 Å². The summed E-state index contributed by atoms with van der Waals surface area (Å²) in [5, 5.41) is 10.6. The first kappa shape index (κ1) is 8.96. The van der Waals surface area contributed by atoms with Gasteiger partial charge in [0.15, 0.2) is 0 Å². The Morgan fingerprint density at radius 3 is 2.57 bits per heavy atom. The van der Waals surface area contributed by atoms with E-state index in [1.165, 1.54) is 6.07 Å². The summed E-state index contributed by atoms with van der Waals surface area (Å²) in [6.45, 7) is 0. The van der Waals surface area contributed by atoms with Gasteiger partial charge in [0.05, 0.1) is 4.92 Å². The predicted octanol–water partition coefficient (Wildman–Crippen LogP) is 1.12. The summed E-state index contributed by atoms with van der Waals surface area (Å²) in [7, 11) is 0. The molecule has 0 bridgehead atoms. The van der Waals surface area contributed by atoms with Crippen molar-refractivity contribution in [3.8, 4) is 0 Å². The molecule has 0 radical (unpaired) electrons.